The summed E-state index contributed by atoms with van der Waals surface area (Å²) in [5, 5.41) is 21.4. The fourth-order valence-electron chi connectivity index (χ4n) is 1.43. The summed E-state index contributed by atoms with van der Waals surface area (Å²) < 4.78 is 0. The van der Waals surface area contributed by atoms with E-state index in [1.807, 2.05) is 0 Å². The molecular weight excluding hydrogens is 278 g/mol. The molecule has 0 saturated carbocycles. The van der Waals surface area contributed by atoms with E-state index in [-0.39, 0.29) is 17.4 Å². The van der Waals surface area contributed by atoms with Crippen LogP contribution in [0.1, 0.15) is 15.9 Å². The van der Waals surface area contributed by atoms with Gasteiger partial charge in [0.2, 0.25) is 0 Å². The number of hydrogen-bond acceptors (Lipinski definition) is 3. The van der Waals surface area contributed by atoms with Crippen LogP contribution in [0.4, 0.5) is 0 Å². The van der Waals surface area contributed by atoms with Gasteiger partial charge < -0.3 is 10.2 Å². The molecule has 4 nitrogen and oxygen atoms in total. The van der Waals surface area contributed by atoms with Gasteiger partial charge in [-0.25, -0.2) is 0 Å². The number of phenolic OH excluding ortho intramolecular Hbond substituents is 2. The van der Waals surface area contributed by atoms with Gasteiger partial charge >= 0.3 is 0 Å². The van der Waals surface area contributed by atoms with E-state index in [0.717, 1.165) is 0 Å². The van der Waals surface area contributed by atoms with Gasteiger partial charge in [-0.05, 0) is 48.4 Å². The van der Waals surface area contributed by atoms with Crippen molar-refractivity contribution in [2.75, 3.05) is 0 Å². The van der Waals surface area contributed by atoms with Gasteiger partial charge in [-0.1, -0.05) is 11.6 Å². The van der Waals surface area contributed by atoms with Crippen LogP contribution < -0.4 is 5.32 Å². The molecule has 0 aliphatic carbocycles. The summed E-state index contributed by atoms with van der Waals surface area (Å²) in [4.78, 5) is 11.7. The van der Waals surface area contributed by atoms with Crippen LogP contribution in [0.2, 0.25) is 5.02 Å². The van der Waals surface area contributed by atoms with Crippen molar-refractivity contribution < 1.29 is 15.0 Å². The number of phenols is 2. The number of halogens is 1. The van der Waals surface area contributed by atoms with Gasteiger partial charge in [0, 0.05) is 22.2 Å². The molecule has 0 atom stereocenters. The number of carbonyl (C=O) groups excluding carboxylic acids is 1. The molecule has 2 rings (SSSR count). The van der Waals surface area contributed by atoms with Crippen molar-refractivity contribution in [1.82, 2.24) is 5.32 Å². The largest absolute Gasteiger partial charge is 0.504 e. The molecule has 20 heavy (non-hydrogen) atoms. The number of aromatic hydroxyl groups is 2. The lowest BCUT2D eigenvalue weighted by molar-refractivity contribution is 0.0973. The average molecular weight is 288 g/mol. The molecule has 3 N–H and O–H groups in total. The van der Waals surface area contributed by atoms with Gasteiger partial charge in [0.25, 0.3) is 5.91 Å². The minimum Gasteiger partial charge on any atom is -0.504 e. The first-order valence-corrected chi connectivity index (χ1v) is 6.03. The van der Waals surface area contributed by atoms with Crippen LogP contribution in [-0.2, 0) is 0 Å². The minimum absolute atomic E-state index is 0.222. The smallest absolute Gasteiger partial charge is 0.262 e. The van der Waals surface area contributed by atoms with E-state index in [9.17, 15) is 9.90 Å². The third-order valence-electron chi connectivity index (χ3n) is 2.46. The zero-order valence-electron chi connectivity index (χ0n) is 10.2. The Bertz CT molecular complexity index is 699. The molecule has 0 bridgehead atoms. The third-order valence-corrected chi connectivity index (χ3v) is 2.72. The van der Waals surface area contributed by atoms with Crippen molar-refractivity contribution in [3.8, 4) is 23.5 Å². The lowest BCUT2D eigenvalue weighted by atomic mass is 10.2. The molecule has 0 aliphatic heterocycles. The summed E-state index contributed by atoms with van der Waals surface area (Å²) in [5.74, 6) is 1.81. The van der Waals surface area contributed by atoms with Crippen LogP contribution in [0.25, 0.3) is 0 Å². The van der Waals surface area contributed by atoms with E-state index in [1.165, 1.54) is 18.2 Å². The molecule has 100 valence electrons. The summed E-state index contributed by atoms with van der Waals surface area (Å²) in [6.45, 7) is 0. The summed E-state index contributed by atoms with van der Waals surface area (Å²) in [5.41, 5.74) is 0.911. The lowest BCUT2D eigenvalue weighted by Crippen LogP contribution is -2.17. The molecule has 0 aromatic heterocycles. The number of nitrogens with one attached hydrogen (secondary N) is 1. The summed E-state index contributed by atoms with van der Waals surface area (Å²) in [7, 11) is 0. The Morgan fingerprint density at radius 1 is 1.05 bits per heavy atom. The lowest BCUT2D eigenvalue weighted by Gasteiger charge is -1.98. The molecule has 0 aliphatic rings. The van der Waals surface area contributed by atoms with E-state index >= 15 is 0 Å². The quantitative estimate of drug-likeness (QED) is 0.429. The molecule has 2 aromatic rings. The van der Waals surface area contributed by atoms with Crippen molar-refractivity contribution in [2.24, 2.45) is 0 Å². The van der Waals surface area contributed by atoms with Crippen molar-refractivity contribution in [3.63, 3.8) is 0 Å². The highest BCUT2D eigenvalue weighted by atomic mass is 35.5. The van der Waals surface area contributed by atoms with Crippen LogP contribution in [0.3, 0.4) is 0 Å². The summed E-state index contributed by atoms with van der Waals surface area (Å²) in [6, 6.07) is 13.0. The Hall–Kier alpha value is -2.64. The predicted octanol–water partition coefficient (Wildman–Crippen LogP) is 2.49. The first-order chi connectivity index (χ1) is 9.56. The molecular formula is C15H10ClNO3. The van der Waals surface area contributed by atoms with Gasteiger partial charge in [-0.3, -0.25) is 10.1 Å². The Morgan fingerprint density at radius 3 is 2.40 bits per heavy atom. The normalized spacial score (nSPS) is 9.45. The first-order valence-electron chi connectivity index (χ1n) is 5.65. The van der Waals surface area contributed by atoms with Crippen LogP contribution in [0.5, 0.6) is 11.5 Å². The number of rotatable bonds is 1. The second kappa shape index (κ2) is 6.00. The molecule has 1 amide bonds. The molecule has 0 fully saturated rings. The van der Waals surface area contributed by atoms with Gasteiger partial charge in [0.05, 0.1) is 0 Å². The predicted molar refractivity (Wildman–Crippen MR) is 75.6 cm³/mol. The number of amides is 1. The number of hydrogen-bond donors (Lipinski definition) is 3. The molecule has 2 aromatic carbocycles. The average Bonchev–Trinajstić information content (AvgIpc) is 2.43. The molecule has 0 saturated heterocycles. The maximum Gasteiger partial charge on any atom is 0.262 e. The summed E-state index contributed by atoms with van der Waals surface area (Å²) in [6.07, 6.45) is 0. The highest BCUT2D eigenvalue weighted by Gasteiger charge is 2.02. The maximum atomic E-state index is 11.7. The molecule has 0 heterocycles. The van der Waals surface area contributed by atoms with Gasteiger partial charge in [-0.2, -0.15) is 0 Å². The second-order valence-corrected chi connectivity index (χ2v) is 4.35. The second-order valence-electron chi connectivity index (χ2n) is 3.91. The third kappa shape index (κ3) is 3.44. The topological polar surface area (TPSA) is 69.6 Å². The van der Waals surface area contributed by atoms with Crippen molar-refractivity contribution in [1.29, 1.82) is 0 Å². The van der Waals surface area contributed by atoms with Gasteiger partial charge in [0.15, 0.2) is 11.5 Å². The van der Waals surface area contributed by atoms with Crippen molar-refractivity contribution in [3.05, 3.63) is 58.6 Å². The van der Waals surface area contributed by atoms with E-state index in [1.54, 1.807) is 24.3 Å². The van der Waals surface area contributed by atoms with Crippen LogP contribution >= 0.6 is 11.6 Å². The highest BCUT2D eigenvalue weighted by molar-refractivity contribution is 6.30. The van der Waals surface area contributed by atoms with Gasteiger partial charge in [-0.15, -0.1) is 0 Å². The maximum absolute atomic E-state index is 11.7. The summed E-state index contributed by atoms with van der Waals surface area (Å²) >= 11 is 5.72. The monoisotopic (exact) mass is 287 g/mol. The van der Waals surface area contributed by atoms with E-state index in [4.69, 9.17) is 16.7 Å². The first kappa shape index (κ1) is 13.8. The molecule has 0 spiro atoms. The van der Waals surface area contributed by atoms with E-state index in [2.05, 4.69) is 17.3 Å². The highest BCUT2D eigenvalue weighted by Crippen LogP contribution is 2.24. The van der Waals surface area contributed by atoms with Crippen LogP contribution in [-0.4, -0.2) is 16.1 Å². The van der Waals surface area contributed by atoms with E-state index in [0.29, 0.717) is 16.1 Å². The Kier molecular flexibility index (Phi) is 4.14. The van der Waals surface area contributed by atoms with Crippen LogP contribution in [0, 0.1) is 12.0 Å². The molecule has 5 heteroatoms. The van der Waals surface area contributed by atoms with Gasteiger partial charge in [0.1, 0.15) is 0 Å². The standard InChI is InChI=1S/C15H10ClNO3/c16-12-4-2-11(3-5-12)15(20)17-8-7-10-1-6-13(18)14(19)9-10/h1-6,9,18-19H,(H,17,20). The van der Waals surface area contributed by atoms with Crippen molar-refractivity contribution in [2.45, 2.75) is 0 Å². The molecule has 0 unspecified atom stereocenters. The number of carbonyl (C=O) groups is 1. The zero-order chi connectivity index (χ0) is 14.5. The Morgan fingerprint density at radius 2 is 1.75 bits per heavy atom. The fourth-order valence-corrected chi connectivity index (χ4v) is 1.56. The number of benzene rings is 2. The SMILES string of the molecule is O=C(NC#Cc1ccc(O)c(O)c1)c1ccc(Cl)cc1. The Labute approximate surface area is 120 Å². The van der Waals surface area contributed by atoms with Crippen LogP contribution in [0.15, 0.2) is 42.5 Å². The zero-order valence-corrected chi connectivity index (χ0v) is 11.0. The van der Waals surface area contributed by atoms with Crippen molar-refractivity contribution >= 4 is 17.5 Å². The molecule has 0 radical (unpaired) electrons. The fraction of sp³-hybridized carbons (Fsp3) is 0. The Balaban J connectivity index is 2.05. The van der Waals surface area contributed by atoms with E-state index < -0.39 is 0 Å². The minimum atomic E-state index is -0.350.